The van der Waals surface area contributed by atoms with Crippen molar-refractivity contribution >= 4 is 50.8 Å². The fourth-order valence-corrected chi connectivity index (χ4v) is 3.14. The molecule has 0 aliphatic carbocycles. The lowest BCUT2D eigenvalue weighted by Crippen LogP contribution is -2.06. The van der Waals surface area contributed by atoms with E-state index < -0.39 is 0 Å². The molecule has 0 heterocycles. The maximum absolute atomic E-state index is 3.74. The smallest absolute Gasteiger partial charge is 0.0735 e. The number of rotatable bonds is 0. The second-order valence-corrected chi connectivity index (χ2v) is 5.33. The van der Waals surface area contributed by atoms with Crippen LogP contribution >= 0.6 is 15.9 Å². The highest BCUT2D eigenvalue weighted by Crippen LogP contribution is 2.31. The van der Waals surface area contributed by atoms with Crippen molar-refractivity contribution in [2.75, 3.05) is 0 Å². The first-order chi connectivity index (χ1) is 8.18. The minimum absolute atomic E-state index is 1.20. The van der Waals surface area contributed by atoms with Crippen molar-refractivity contribution in [2.45, 2.75) is 6.92 Å². The Kier molecular flexibility index (Phi) is 2.48. The molecule has 0 radical (unpaired) electrons. The summed E-state index contributed by atoms with van der Waals surface area (Å²) in [5.74, 6) is 0. The quantitative estimate of drug-likeness (QED) is 0.438. The van der Waals surface area contributed by atoms with Gasteiger partial charge in [0.05, 0.1) is 0 Å². The molecule has 0 bridgehead atoms. The maximum atomic E-state index is 3.74. The summed E-state index contributed by atoms with van der Waals surface area (Å²) in [6.45, 7) is 2.14. The van der Waals surface area contributed by atoms with E-state index in [1.807, 2.05) is 0 Å². The van der Waals surface area contributed by atoms with E-state index in [0.717, 1.165) is 0 Å². The summed E-state index contributed by atoms with van der Waals surface area (Å²) in [6, 6.07) is 15.2. The Hall–Kier alpha value is -1.28. The zero-order valence-corrected chi connectivity index (χ0v) is 11.5. The van der Waals surface area contributed by atoms with Gasteiger partial charge in [-0.15, -0.1) is 0 Å². The fraction of sp³-hybridized carbons (Fsp3) is 0.0667. The van der Waals surface area contributed by atoms with Crippen LogP contribution in [0.25, 0.3) is 21.5 Å². The van der Waals surface area contributed by atoms with Crippen molar-refractivity contribution in [3.8, 4) is 0 Å². The topological polar surface area (TPSA) is 0 Å². The van der Waals surface area contributed by atoms with E-state index in [9.17, 15) is 0 Å². The van der Waals surface area contributed by atoms with Crippen LogP contribution in [0.3, 0.4) is 0 Å². The predicted molar refractivity (Wildman–Crippen MR) is 82.1 cm³/mol. The van der Waals surface area contributed by atoms with Crippen LogP contribution in [0.2, 0.25) is 0 Å². The summed E-state index contributed by atoms with van der Waals surface area (Å²) in [6.07, 6.45) is 0. The Labute approximate surface area is 110 Å². The molecule has 0 saturated heterocycles. The summed E-state index contributed by atoms with van der Waals surface area (Å²) in [4.78, 5) is 0. The molecule has 0 N–H and O–H groups in total. The Morgan fingerprint density at radius 3 is 2.29 bits per heavy atom. The van der Waals surface area contributed by atoms with Crippen LogP contribution in [0.4, 0.5) is 0 Å². The monoisotopic (exact) mass is 282 g/mol. The average molecular weight is 283 g/mol. The van der Waals surface area contributed by atoms with Gasteiger partial charge in [0.15, 0.2) is 0 Å². The van der Waals surface area contributed by atoms with Crippen molar-refractivity contribution in [1.82, 2.24) is 0 Å². The van der Waals surface area contributed by atoms with Crippen LogP contribution in [-0.2, 0) is 0 Å². The molecule has 0 atom stereocenters. The number of benzene rings is 3. The zero-order valence-electron chi connectivity index (χ0n) is 9.92. The first kappa shape index (κ1) is 10.9. The van der Waals surface area contributed by atoms with E-state index in [-0.39, 0.29) is 0 Å². The summed E-state index contributed by atoms with van der Waals surface area (Å²) in [7, 11) is 2.20. The van der Waals surface area contributed by atoms with Crippen LogP contribution in [0.15, 0.2) is 46.9 Å². The summed E-state index contributed by atoms with van der Waals surface area (Å²) >= 11 is 3.74. The highest BCUT2D eigenvalue weighted by Gasteiger charge is 2.08. The highest BCUT2D eigenvalue weighted by atomic mass is 79.9. The lowest BCUT2D eigenvalue weighted by Gasteiger charge is -2.11. The van der Waals surface area contributed by atoms with Crippen LogP contribution < -0.4 is 5.46 Å². The molecule has 3 aromatic rings. The minimum atomic E-state index is 1.20. The third kappa shape index (κ3) is 1.59. The Morgan fingerprint density at radius 2 is 1.53 bits per heavy atom. The summed E-state index contributed by atoms with van der Waals surface area (Å²) in [5.41, 5.74) is 2.67. The lowest BCUT2D eigenvalue weighted by atomic mass is 9.84. The fourth-order valence-electron chi connectivity index (χ4n) is 2.45. The van der Waals surface area contributed by atoms with Crippen molar-refractivity contribution in [2.24, 2.45) is 0 Å². The van der Waals surface area contributed by atoms with Crippen molar-refractivity contribution in [3.63, 3.8) is 0 Å². The molecule has 0 unspecified atom stereocenters. The van der Waals surface area contributed by atoms with Crippen molar-refractivity contribution < 1.29 is 0 Å². The Bertz CT molecular complexity index is 732. The number of aryl methyl sites for hydroxylation is 1. The minimum Gasteiger partial charge on any atom is -0.0735 e. The molecular weight excluding hydrogens is 271 g/mol. The molecule has 0 spiro atoms. The van der Waals surface area contributed by atoms with E-state index in [0.29, 0.717) is 0 Å². The molecule has 0 amide bonds. The van der Waals surface area contributed by atoms with Gasteiger partial charge in [-0.1, -0.05) is 53.5 Å². The van der Waals surface area contributed by atoms with Crippen molar-refractivity contribution in [1.29, 1.82) is 0 Å². The van der Waals surface area contributed by atoms with Gasteiger partial charge >= 0.3 is 0 Å². The second kappa shape index (κ2) is 3.88. The second-order valence-electron chi connectivity index (χ2n) is 4.53. The molecule has 82 valence electrons. The lowest BCUT2D eigenvalue weighted by molar-refractivity contribution is 1.51. The van der Waals surface area contributed by atoms with Gasteiger partial charge in [-0.25, -0.2) is 0 Å². The normalized spacial score (nSPS) is 11.2. The maximum Gasteiger partial charge on any atom is 0.140 e. The molecule has 0 aromatic heterocycles. The van der Waals surface area contributed by atoms with E-state index >= 15 is 0 Å². The first-order valence-corrected chi connectivity index (χ1v) is 6.55. The van der Waals surface area contributed by atoms with Gasteiger partial charge in [0.1, 0.15) is 7.85 Å². The molecule has 0 aliphatic heterocycles. The van der Waals surface area contributed by atoms with Crippen LogP contribution in [-0.4, -0.2) is 7.85 Å². The molecule has 2 heteroatoms. The predicted octanol–water partition coefficient (Wildman–Crippen LogP) is 3.32. The molecule has 17 heavy (non-hydrogen) atoms. The number of hydrogen-bond acceptors (Lipinski definition) is 0. The molecule has 0 fully saturated rings. The van der Waals surface area contributed by atoms with Gasteiger partial charge in [-0.2, -0.15) is 0 Å². The molecule has 3 rings (SSSR count). The van der Waals surface area contributed by atoms with Crippen LogP contribution in [0, 0.1) is 6.92 Å². The molecule has 0 nitrogen and oxygen atoms in total. The van der Waals surface area contributed by atoms with Gasteiger partial charge in [0.2, 0.25) is 0 Å². The van der Waals surface area contributed by atoms with E-state index in [1.165, 1.54) is 37.0 Å². The summed E-state index contributed by atoms with van der Waals surface area (Å²) in [5, 5.41) is 5.27. The van der Waals surface area contributed by atoms with Gasteiger partial charge in [0.25, 0.3) is 0 Å². The van der Waals surface area contributed by atoms with Gasteiger partial charge < -0.3 is 0 Å². The zero-order chi connectivity index (χ0) is 12.0. The third-order valence-corrected chi connectivity index (χ3v) is 4.24. The largest absolute Gasteiger partial charge is 0.140 e. The number of hydrogen-bond donors (Lipinski definition) is 0. The molecule has 3 aromatic carbocycles. The summed E-state index contributed by atoms with van der Waals surface area (Å²) < 4.78 is 1.20. The first-order valence-electron chi connectivity index (χ1n) is 5.75. The van der Waals surface area contributed by atoms with E-state index in [4.69, 9.17) is 0 Å². The van der Waals surface area contributed by atoms with Crippen molar-refractivity contribution in [3.05, 3.63) is 52.5 Å². The van der Waals surface area contributed by atoms with Gasteiger partial charge in [-0.3, -0.25) is 0 Å². The molecule has 0 aliphatic rings. The number of halogens is 1. The SMILES string of the molecule is Bc1c2ccccc2c(Br)c2ccc(C)cc12. The van der Waals surface area contributed by atoms with Gasteiger partial charge in [-0.05, 0) is 44.4 Å². The number of fused-ring (bicyclic) bond motifs is 2. The average Bonchev–Trinajstić information content (AvgIpc) is 2.36. The van der Waals surface area contributed by atoms with E-state index in [2.05, 4.69) is 73.2 Å². The standard InChI is InChI=1S/C15H12BBr/c1-9-6-7-12-13(8-9)14(16)10-4-2-3-5-11(10)15(12)17/h2-8H,16H2,1H3. The van der Waals surface area contributed by atoms with Crippen LogP contribution in [0.5, 0.6) is 0 Å². The Morgan fingerprint density at radius 1 is 0.882 bits per heavy atom. The van der Waals surface area contributed by atoms with Crippen LogP contribution in [0.1, 0.15) is 5.56 Å². The van der Waals surface area contributed by atoms with Gasteiger partial charge in [0, 0.05) is 4.47 Å². The molecule has 0 saturated carbocycles. The molecular formula is C15H12BBr. The Balaban J connectivity index is 2.63. The highest BCUT2D eigenvalue weighted by molar-refractivity contribution is 9.10. The van der Waals surface area contributed by atoms with E-state index in [1.54, 1.807) is 0 Å². The third-order valence-electron chi connectivity index (χ3n) is 3.38.